The molecule has 0 aliphatic carbocycles. The minimum absolute atomic E-state index is 0.169. The van der Waals surface area contributed by atoms with Crippen LogP contribution in [0.3, 0.4) is 0 Å². The standard InChI is InChI=1S/C13H15N3O/c1-11(17)10-13-7-5-12(6-8-13)4-2-3-9-15-16-14/h2,4-8H,3,9-10H2,1H3. The summed E-state index contributed by atoms with van der Waals surface area (Å²) in [5, 5.41) is 3.44. The molecule has 88 valence electrons. The number of rotatable bonds is 6. The Morgan fingerprint density at radius 2 is 2.12 bits per heavy atom. The third-order valence-electron chi connectivity index (χ3n) is 2.20. The molecule has 0 radical (unpaired) electrons. The Labute approximate surface area is 101 Å². The van der Waals surface area contributed by atoms with Crippen LogP contribution < -0.4 is 0 Å². The zero-order valence-electron chi connectivity index (χ0n) is 9.84. The Bertz CT molecular complexity index is 442. The van der Waals surface area contributed by atoms with E-state index in [1.807, 2.05) is 36.4 Å². The molecule has 0 aromatic heterocycles. The summed E-state index contributed by atoms with van der Waals surface area (Å²) in [5.41, 5.74) is 10.2. The van der Waals surface area contributed by atoms with Crippen molar-refractivity contribution in [2.75, 3.05) is 6.54 Å². The van der Waals surface area contributed by atoms with Crippen LogP contribution in [-0.4, -0.2) is 12.3 Å². The summed E-state index contributed by atoms with van der Waals surface area (Å²) in [5.74, 6) is 0.169. The molecule has 1 rings (SSSR count). The Morgan fingerprint density at radius 3 is 2.71 bits per heavy atom. The number of hydrogen-bond donors (Lipinski definition) is 0. The van der Waals surface area contributed by atoms with Crippen LogP contribution in [0.15, 0.2) is 35.5 Å². The topological polar surface area (TPSA) is 65.8 Å². The monoisotopic (exact) mass is 229 g/mol. The maximum absolute atomic E-state index is 10.9. The molecule has 0 amide bonds. The first kappa shape index (κ1) is 13.0. The van der Waals surface area contributed by atoms with Gasteiger partial charge in [-0.3, -0.25) is 4.79 Å². The van der Waals surface area contributed by atoms with Gasteiger partial charge in [-0.25, -0.2) is 0 Å². The number of nitrogens with zero attached hydrogens (tertiary/aromatic N) is 3. The first-order valence-electron chi connectivity index (χ1n) is 5.48. The van der Waals surface area contributed by atoms with Crippen LogP contribution in [-0.2, 0) is 11.2 Å². The normalized spacial score (nSPS) is 10.2. The summed E-state index contributed by atoms with van der Waals surface area (Å²) in [6, 6.07) is 7.85. The van der Waals surface area contributed by atoms with Gasteiger partial charge in [0.2, 0.25) is 0 Å². The third kappa shape index (κ3) is 5.54. The van der Waals surface area contributed by atoms with Crippen molar-refractivity contribution >= 4 is 11.9 Å². The average molecular weight is 229 g/mol. The van der Waals surface area contributed by atoms with Crippen molar-refractivity contribution in [3.05, 3.63) is 51.9 Å². The van der Waals surface area contributed by atoms with Crippen molar-refractivity contribution in [1.82, 2.24) is 0 Å². The Hall–Kier alpha value is -2.06. The van der Waals surface area contributed by atoms with Crippen molar-refractivity contribution in [3.8, 4) is 0 Å². The second-order valence-electron chi connectivity index (χ2n) is 3.77. The molecule has 0 atom stereocenters. The summed E-state index contributed by atoms with van der Waals surface area (Å²) >= 11 is 0. The molecular weight excluding hydrogens is 214 g/mol. The van der Waals surface area contributed by atoms with Crippen molar-refractivity contribution in [2.24, 2.45) is 5.11 Å². The molecule has 4 nitrogen and oxygen atoms in total. The zero-order chi connectivity index (χ0) is 12.5. The van der Waals surface area contributed by atoms with Gasteiger partial charge in [-0.15, -0.1) is 0 Å². The Kier molecular flexibility index (Phi) is 5.55. The first-order chi connectivity index (χ1) is 8.22. The number of carbonyl (C=O) groups is 1. The van der Waals surface area contributed by atoms with E-state index in [1.165, 1.54) is 0 Å². The average Bonchev–Trinajstić information content (AvgIpc) is 2.30. The number of benzene rings is 1. The highest BCUT2D eigenvalue weighted by Gasteiger charge is 1.96. The minimum Gasteiger partial charge on any atom is -0.300 e. The Balaban J connectivity index is 2.50. The fourth-order valence-corrected chi connectivity index (χ4v) is 1.43. The van der Waals surface area contributed by atoms with Gasteiger partial charge in [0.05, 0.1) is 0 Å². The highest BCUT2D eigenvalue weighted by molar-refractivity contribution is 5.78. The molecule has 0 heterocycles. The van der Waals surface area contributed by atoms with E-state index in [0.717, 1.165) is 17.5 Å². The van der Waals surface area contributed by atoms with Crippen LogP contribution in [0.5, 0.6) is 0 Å². The number of hydrogen-bond acceptors (Lipinski definition) is 2. The van der Waals surface area contributed by atoms with Crippen molar-refractivity contribution in [3.63, 3.8) is 0 Å². The molecule has 0 unspecified atom stereocenters. The van der Waals surface area contributed by atoms with Gasteiger partial charge in [-0.1, -0.05) is 41.5 Å². The van der Waals surface area contributed by atoms with Crippen molar-refractivity contribution < 1.29 is 4.79 Å². The molecule has 17 heavy (non-hydrogen) atoms. The van der Waals surface area contributed by atoms with Crippen LogP contribution >= 0.6 is 0 Å². The third-order valence-corrected chi connectivity index (χ3v) is 2.20. The molecule has 0 spiro atoms. The van der Waals surface area contributed by atoms with E-state index < -0.39 is 0 Å². The van der Waals surface area contributed by atoms with Gasteiger partial charge in [0.15, 0.2) is 0 Å². The van der Waals surface area contributed by atoms with Crippen LogP contribution in [0.2, 0.25) is 0 Å². The lowest BCUT2D eigenvalue weighted by atomic mass is 10.1. The SMILES string of the molecule is CC(=O)Cc1ccc(C=CCCN=[N+]=[N-])cc1. The summed E-state index contributed by atoms with van der Waals surface area (Å²) in [6.45, 7) is 2.07. The largest absolute Gasteiger partial charge is 0.300 e. The highest BCUT2D eigenvalue weighted by atomic mass is 16.1. The lowest BCUT2D eigenvalue weighted by Gasteiger charge is -1.98. The Morgan fingerprint density at radius 1 is 1.41 bits per heavy atom. The van der Waals surface area contributed by atoms with Gasteiger partial charge in [0.1, 0.15) is 5.78 Å². The minimum atomic E-state index is 0.169. The van der Waals surface area contributed by atoms with E-state index in [2.05, 4.69) is 10.0 Å². The van der Waals surface area contributed by atoms with Gasteiger partial charge in [0.25, 0.3) is 0 Å². The van der Waals surface area contributed by atoms with E-state index in [-0.39, 0.29) is 5.78 Å². The molecule has 1 aromatic rings. The maximum Gasteiger partial charge on any atom is 0.134 e. The summed E-state index contributed by atoms with van der Waals surface area (Å²) in [7, 11) is 0. The molecule has 1 aromatic carbocycles. The number of carbonyl (C=O) groups excluding carboxylic acids is 1. The van der Waals surface area contributed by atoms with Gasteiger partial charge in [0, 0.05) is 17.9 Å². The van der Waals surface area contributed by atoms with Crippen molar-refractivity contribution in [2.45, 2.75) is 19.8 Å². The number of azide groups is 1. The molecular formula is C13H15N3O. The van der Waals surface area contributed by atoms with Crippen LogP contribution in [0, 0.1) is 0 Å². The molecule has 0 aliphatic heterocycles. The fourth-order valence-electron chi connectivity index (χ4n) is 1.43. The van der Waals surface area contributed by atoms with Gasteiger partial charge < -0.3 is 0 Å². The van der Waals surface area contributed by atoms with Crippen LogP contribution in [0.1, 0.15) is 24.5 Å². The maximum atomic E-state index is 10.9. The summed E-state index contributed by atoms with van der Waals surface area (Å²) in [4.78, 5) is 13.6. The molecule has 0 saturated carbocycles. The molecule has 0 bridgehead atoms. The van der Waals surface area contributed by atoms with Gasteiger partial charge in [-0.2, -0.15) is 0 Å². The van der Waals surface area contributed by atoms with Crippen LogP contribution in [0.25, 0.3) is 16.5 Å². The van der Waals surface area contributed by atoms with Crippen LogP contribution in [0.4, 0.5) is 0 Å². The molecule has 0 aliphatic rings. The van der Waals surface area contributed by atoms with E-state index in [9.17, 15) is 4.79 Å². The first-order valence-corrected chi connectivity index (χ1v) is 5.48. The summed E-state index contributed by atoms with van der Waals surface area (Å²) < 4.78 is 0. The second-order valence-corrected chi connectivity index (χ2v) is 3.77. The summed E-state index contributed by atoms with van der Waals surface area (Å²) in [6.07, 6.45) is 5.17. The predicted molar refractivity (Wildman–Crippen MR) is 68.5 cm³/mol. The zero-order valence-corrected chi connectivity index (χ0v) is 9.84. The predicted octanol–water partition coefficient (Wildman–Crippen LogP) is 3.53. The molecule has 0 fully saturated rings. The molecule has 0 saturated heterocycles. The fraction of sp³-hybridized carbons (Fsp3) is 0.308. The smallest absolute Gasteiger partial charge is 0.134 e. The number of Topliss-reactive ketones (excluding diaryl/α,β-unsaturated/α-hetero) is 1. The lowest BCUT2D eigenvalue weighted by molar-refractivity contribution is -0.116. The second kappa shape index (κ2) is 7.25. The quantitative estimate of drug-likeness (QED) is 0.318. The molecule has 0 N–H and O–H groups in total. The van der Waals surface area contributed by atoms with Gasteiger partial charge >= 0.3 is 0 Å². The molecule has 4 heteroatoms. The van der Waals surface area contributed by atoms with E-state index >= 15 is 0 Å². The van der Waals surface area contributed by atoms with Gasteiger partial charge in [-0.05, 0) is 30.0 Å². The lowest BCUT2D eigenvalue weighted by Crippen LogP contribution is -1.95. The van der Waals surface area contributed by atoms with E-state index in [4.69, 9.17) is 5.53 Å². The highest BCUT2D eigenvalue weighted by Crippen LogP contribution is 2.07. The van der Waals surface area contributed by atoms with E-state index in [1.54, 1.807) is 6.92 Å². The van der Waals surface area contributed by atoms with Crippen molar-refractivity contribution in [1.29, 1.82) is 0 Å². The van der Waals surface area contributed by atoms with E-state index in [0.29, 0.717) is 13.0 Å². The number of ketones is 1.